The molecule has 1 aromatic carbocycles. The number of rotatable bonds is 4. The number of ether oxygens (including phenoxy) is 2. The molecule has 1 heterocycles. The van der Waals surface area contributed by atoms with Crippen LogP contribution in [0.15, 0.2) is 18.2 Å². The van der Waals surface area contributed by atoms with Crippen LogP contribution in [0.3, 0.4) is 0 Å². The molecule has 2 rings (SSSR count). The van der Waals surface area contributed by atoms with Crippen LogP contribution in [0.2, 0.25) is 0 Å². The number of hydrogen-bond acceptors (Lipinski definition) is 4. The molecule has 0 radical (unpaired) electrons. The summed E-state index contributed by atoms with van der Waals surface area (Å²) >= 11 is 0. The summed E-state index contributed by atoms with van der Waals surface area (Å²) in [6.45, 7) is 2.88. The highest BCUT2D eigenvalue weighted by Gasteiger charge is 2.21. The molecule has 19 heavy (non-hydrogen) atoms. The fourth-order valence-electron chi connectivity index (χ4n) is 1.95. The second-order valence-corrected chi connectivity index (χ2v) is 4.27. The van der Waals surface area contributed by atoms with E-state index in [4.69, 9.17) is 14.7 Å². The van der Waals surface area contributed by atoms with Crippen molar-refractivity contribution in [3.63, 3.8) is 0 Å². The number of hydrogen-bond donors (Lipinski definition) is 1. The van der Waals surface area contributed by atoms with Gasteiger partial charge in [-0.1, -0.05) is 19.4 Å². The number of nitriles is 1. The number of nitrogens with zero attached hydrogens (tertiary/aromatic N) is 1. The number of benzene rings is 1. The molecule has 0 saturated carbocycles. The first-order chi connectivity index (χ1) is 9.26. The summed E-state index contributed by atoms with van der Waals surface area (Å²) in [5, 5.41) is 11.7. The van der Waals surface area contributed by atoms with Gasteiger partial charge < -0.3 is 14.8 Å². The van der Waals surface area contributed by atoms with Crippen LogP contribution in [0.4, 0.5) is 0 Å². The highest BCUT2D eigenvalue weighted by molar-refractivity contribution is 5.98. The number of carbonyl (C=O) groups is 1. The fraction of sp³-hybridized carbons (Fsp3) is 0.429. The van der Waals surface area contributed by atoms with Gasteiger partial charge in [-0.15, -0.1) is 0 Å². The largest absolute Gasteiger partial charge is 0.486 e. The van der Waals surface area contributed by atoms with Crippen LogP contribution < -0.4 is 14.8 Å². The molecule has 0 saturated heterocycles. The average Bonchev–Trinajstić information content (AvgIpc) is 2.46. The lowest BCUT2D eigenvalue weighted by Gasteiger charge is -2.21. The summed E-state index contributed by atoms with van der Waals surface area (Å²) in [7, 11) is 0. The number of carbonyl (C=O) groups excluding carboxylic acids is 1. The molecule has 1 atom stereocenters. The normalized spacial score (nSPS) is 14.3. The molecule has 0 spiro atoms. The van der Waals surface area contributed by atoms with Gasteiger partial charge in [0.15, 0.2) is 11.5 Å². The standard InChI is InChI=1S/C14H16N2O3/c1-2-4-10(9-15)16-14(17)11-5-3-6-12-13(11)19-8-7-18-12/h3,5-6,10H,2,4,7-8H2,1H3,(H,16,17)/t10-/m1/s1. The quantitative estimate of drug-likeness (QED) is 0.897. The minimum Gasteiger partial charge on any atom is -0.486 e. The van der Waals surface area contributed by atoms with Gasteiger partial charge in [0.2, 0.25) is 0 Å². The lowest BCUT2D eigenvalue weighted by Crippen LogP contribution is -2.34. The Morgan fingerprint density at radius 3 is 3.00 bits per heavy atom. The van der Waals surface area contributed by atoms with Crippen LogP contribution in [0.1, 0.15) is 30.1 Å². The molecular formula is C14H16N2O3. The zero-order chi connectivity index (χ0) is 13.7. The second-order valence-electron chi connectivity index (χ2n) is 4.27. The van der Waals surface area contributed by atoms with Gasteiger partial charge in [-0.2, -0.15) is 5.26 Å². The third-order valence-electron chi connectivity index (χ3n) is 2.85. The van der Waals surface area contributed by atoms with Gasteiger partial charge in [0.05, 0.1) is 11.6 Å². The monoisotopic (exact) mass is 260 g/mol. The molecule has 1 aliphatic heterocycles. The third-order valence-corrected chi connectivity index (χ3v) is 2.85. The average molecular weight is 260 g/mol. The third kappa shape index (κ3) is 2.97. The molecule has 100 valence electrons. The lowest BCUT2D eigenvalue weighted by molar-refractivity contribution is 0.0933. The van der Waals surface area contributed by atoms with E-state index in [1.54, 1.807) is 18.2 Å². The van der Waals surface area contributed by atoms with Gasteiger partial charge >= 0.3 is 0 Å². The van der Waals surface area contributed by atoms with E-state index in [0.717, 1.165) is 6.42 Å². The summed E-state index contributed by atoms with van der Waals surface area (Å²) in [6, 6.07) is 6.78. The second kappa shape index (κ2) is 6.10. The minimum atomic E-state index is -0.474. The van der Waals surface area contributed by atoms with Gasteiger partial charge in [-0.25, -0.2) is 0 Å². The van der Waals surface area contributed by atoms with Crippen LogP contribution in [0, 0.1) is 11.3 Å². The highest BCUT2D eigenvalue weighted by atomic mass is 16.6. The van der Waals surface area contributed by atoms with Gasteiger partial charge in [-0.3, -0.25) is 4.79 Å². The van der Waals surface area contributed by atoms with Crippen molar-refractivity contribution in [3.8, 4) is 17.6 Å². The SMILES string of the molecule is CCC[C@H](C#N)NC(=O)c1cccc2c1OCCO2. The Bertz CT molecular complexity index is 508. The Kier molecular flexibility index (Phi) is 4.24. The first kappa shape index (κ1) is 13.2. The van der Waals surface area contributed by atoms with Crippen molar-refractivity contribution in [1.29, 1.82) is 5.26 Å². The summed E-state index contributed by atoms with van der Waals surface area (Å²) in [5.41, 5.74) is 0.411. The molecule has 0 unspecified atom stereocenters. The van der Waals surface area contributed by atoms with Crippen molar-refractivity contribution in [2.75, 3.05) is 13.2 Å². The molecule has 1 aromatic rings. The lowest BCUT2D eigenvalue weighted by atomic mass is 10.1. The van der Waals surface area contributed by atoms with Crippen molar-refractivity contribution in [3.05, 3.63) is 23.8 Å². The first-order valence-corrected chi connectivity index (χ1v) is 6.35. The predicted octanol–water partition coefficient (Wildman–Crippen LogP) is 1.88. The topological polar surface area (TPSA) is 71.4 Å². The van der Waals surface area contributed by atoms with E-state index in [0.29, 0.717) is 36.7 Å². The van der Waals surface area contributed by atoms with Crippen molar-refractivity contribution in [2.24, 2.45) is 0 Å². The van der Waals surface area contributed by atoms with E-state index in [9.17, 15) is 4.79 Å². The molecule has 0 fully saturated rings. The zero-order valence-corrected chi connectivity index (χ0v) is 10.8. The Labute approximate surface area is 112 Å². The summed E-state index contributed by atoms with van der Waals surface area (Å²) < 4.78 is 10.9. The van der Waals surface area contributed by atoms with Gasteiger partial charge in [0.1, 0.15) is 19.3 Å². The molecule has 1 aliphatic rings. The highest BCUT2D eigenvalue weighted by Crippen LogP contribution is 2.33. The van der Waals surface area contributed by atoms with E-state index < -0.39 is 6.04 Å². The Hall–Kier alpha value is -2.22. The van der Waals surface area contributed by atoms with Crippen LogP contribution >= 0.6 is 0 Å². The smallest absolute Gasteiger partial charge is 0.256 e. The fourth-order valence-corrected chi connectivity index (χ4v) is 1.95. The van der Waals surface area contributed by atoms with E-state index in [2.05, 4.69) is 11.4 Å². The van der Waals surface area contributed by atoms with Crippen molar-refractivity contribution in [2.45, 2.75) is 25.8 Å². The number of nitrogens with one attached hydrogen (secondary N) is 1. The van der Waals surface area contributed by atoms with Gasteiger partial charge in [0.25, 0.3) is 5.91 Å². The summed E-state index contributed by atoms with van der Waals surface area (Å²) in [4.78, 5) is 12.2. The number of para-hydroxylation sites is 1. The molecule has 5 heteroatoms. The summed E-state index contributed by atoms with van der Waals surface area (Å²) in [6.07, 6.45) is 1.47. The Morgan fingerprint density at radius 2 is 2.26 bits per heavy atom. The molecule has 0 bridgehead atoms. The Balaban J connectivity index is 2.18. The van der Waals surface area contributed by atoms with Crippen LogP contribution in [0.25, 0.3) is 0 Å². The predicted molar refractivity (Wildman–Crippen MR) is 69.2 cm³/mol. The van der Waals surface area contributed by atoms with E-state index in [1.165, 1.54) is 0 Å². The zero-order valence-electron chi connectivity index (χ0n) is 10.8. The summed E-state index contributed by atoms with van der Waals surface area (Å²) in [5.74, 6) is 0.727. The molecule has 1 N–H and O–H groups in total. The molecule has 0 aliphatic carbocycles. The van der Waals surface area contributed by atoms with E-state index >= 15 is 0 Å². The molecular weight excluding hydrogens is 244 g/mol. The molecule has 0 aromatic heterocycles. The maximum atomic E-state index is 12.2. The first-order valence-electron chi connectivity index (χ1n) is 6.35. The van der Waals surface area contributed by atoms with Crippen LogP contribution in [0.5, 0.6) is 11.5 Å². The van der Waals surface area contributed by atoms with Gasteiger partial charge in [-0.05, 0) is 18.6 Å². The maximum Gasteiger partial charge on any atom is 0.256 e. The Morgan fingerprint density at radius 1 is 1.47 bits per heavy atom. The maximum absolute atomic E-state index is 12.2. The minimum absolute atomic E-state index is 0.303. The van der Waals surface area contributed by atoms with Crippen molar-refractivity contribution in [1.82, 2.24) is 5.32 Å². The van der Waals surface area contributed by atoms with Crippen molar-refractivity contribution < 1.29 is 14.3 Å². The molecule has 5 nitrogen and oxygen atoms in total. The number of amides is 1. The van der Waals surface area contributed by atoms with E-state index in [-0.39, 0.29) is 5.91 Å². The van der Waals surface area contributed by atoms with E-state index in [1.807, 2.05) is 6.92 Å². The van der Waals surface area contributed by atoms with Crippen LogP contribution in [-0.2, 0) is 0 Å². The van der Waals surface area contributed by atoms with Gasteiger partial charge in [0, 0.05) is 0 Å². The van der Waals surface area contributed by atoms with Crippen molar-refractivity contribution >= 4 is 5.91 Å². The van der Waals surface area contributed by atoms with Crippen LogP contribution in [-0.4, -0.2) is 25.2 Å². The molecule has 1 amide bonds. The number of fused-ring (bicyclic) bond motifs is 1.